The Labute approximate surface area is 139 Å². The molecular weight excluding hydrogens is 338 g/mol. The number of anilines is 1. The molecule has 1 aliphatic rings. The Morgan fingerprint density at radius 2 is 1.92 bits per heavy atom. The van der Waals surface area contributed by atoms with Crippen molar-refractivity contribution in [3.63, 3.8) is 0 Å². The lowest BCUT2D eigenvalue weighted by Crippen LogP contribution is -2.49. The van der Waals surface area contributed by atoms with Crippen molar-refractivity contribution >= 4 is 27.1 Å². The smallest absolute Gasteiger partial charge is 0.293 e. The zero-order chi connectivity index (χ0) is 17.9. The van der Waals surface area contributed by atoms with Crippen molar-refractivity contribution < 1.29 is 22.9 Å². The van der Waals surface area contributed by atoms with Crippen molar-refractivity contribution in [3.8, 4) is 0 Å². The van der Waals surface area contributed by atoms with Gasteiger partial charge in [-0.1, -0.05) is 0 Å². The lowest BCUT2D eigenvalue weighted by atomic mass is 10.2. The van der Waals surface area contributed by atoms with Crippen molar-refractivity contribution in [2.75, 3.05) is 51.1 Å². The van der Waals surface area contributed by atoms with Crippen LogP contribution in [-0.2, 0) is 19.4 Å². The minimum Gasteiger partial charge on any atom is -0.375 e. The maximum absolute atomic E-state index is 11.8. The molecule has 0 atom stereocenters. The molecule has 1 fully saturated rings. The van der Waals surface area contributed by atoms with E-state index in [0.717, 1.165) is 12.3 Å². The van der Waals surface area contributed by atoms with Crippen molar-refractivity contribution in [2.45, 2.75) is 4.90 Å². The van der Waals surface area contributed by atoms with Gasteiger partial charge in [-0.25, -0.2) is 8.42 Å². The first-order valence-corrected chi connectivity index (χ1v) is 9.13. The van der Waals surface area contributed by atoms with E-state index in [4.69, 9.17) is 4.74 Å². The van der Waals surface area contributed by atoms with Crippen LogP contribution in [0.4, 0.5) is 11.4 Å². The fourth-order valence-electron chi connectivity index (χ4n) is 2.56. The highest BCUT2D eigenvalue weighted by Crippen LogP contribution is 2.31. The largest absolute Gasteiger partial charge is 0.375 e. The van der Waals surface area contributed by atoms with E-state index >= 15 is 0 Å². The number of benzene rings is 1. The molecule has 1 aliphatic heterocycles. The van der Waals surface area contributed by atoms with Gasteiger partial charge < -0.3 is 14.5 Å². The first kappa shape index (κ1) is 18.1. The molecule has 2 rings (SSSR count). The fourth-order valence-corrected chi connectivity index (χ4v) is 3.20. The monoisotopic (exact) mass is 357 g/mol. The normalized spacial score (nSPS) is 15.4. The predicted octanol–water partition coefficient (Wildman–Crippen LogP) is 0.293. The number of carbonyl (C=O) groups excluding carboxylic acids is 1. The number of sulfone groups is 1. The van der Waals surface area contributed by atoms with E-state index in [0.29, 0.717) is 31.9 Å². The summed E-state index contributed by atoms with van der Waals surface area (Å²) in [5.74, 6) is -0.126. The van der Waals surface area contributed by atoms with E-state index in [1.807, 2.05) is 0 Å². The fraction of sp³-hybridized carbons (Fsp3) is 0.500. The van der Waals surface area contributed by atoms with E-state index < -0.39 is 14.8 Å². The molecule has 1 aromatic rings. The second-order valence-electron chi connectivity index (χ2n) is 5.48. The molecule has 0 aromatic heterocycles. The molecule has 0 aliphatic carbocycles. The second kappa shape index (κ2) is 7.14. The topological polar surface area (TPSA) is 110 Å². The highest BCUT2D eigenvalue weighted by Gasteiger charge is 2.27. The second-order valence-corrected chi connectivity index (χ2v) is 7.50. The zero-order valence-corrected chi connectivity index (χ0v) is 14.3. The molecule has 132 valence electrons. The van der Waals surface area contributed by atoms with E-state index in [9.17, 15) is 23.3 Å². The number of methoxy groups -OCH3 is 1. The van der Waals surface area contributed by atoms with Gasteiger partial charge >= 0.3 is 0 Å². The van der Waals surface area contributed by atoms with E-state index in [1.165, 1.54) is 19.2 Å². The third-order valence-corrected chi connectivity index (χ3v) is 4.92. The summed E-state index contributed by atoms with van der Waals surface area (Å²) in [5.41, 5.74) is 0.0980. The lowest BCUT2D eigenvalue weighted by molar-refractivity contribution is -0.384. The Balaban J connectivity index is 2.21. The Morgan fingerprint density at radius 1 is 1.29 bits per heavy atom. The molecular formula is C14H19N3O6S. The average Bonchev–Trinajstić information content (AvgIpc) is 2.53. The molecule has 0 saturated carbocycles. The first-order chi connectivity index (χ1) is 11.2. The summed E-state index contributed by atoms with van der Waals surface area (Å²) in [7, 11) is -2.08. The van der Waals surface area contributed by atoms with Gasteiger partial charge in [-0.05, 0) is 12.1 Å². The Morgan fingerprint density at radius 3 is 2.42 bits per heavy atom. The van der Waals surface area contributed by atoms with Crippen LogP contribution in [0.1, 0.15) is 0 Å². The summed E-state index contributed by atoms with van der Waals surface area (Å²) in [6.07, 6.45) is 1.01. The molecule has 0 unspecified atom stereocenters. The third kappa shape index (κ3) is 4.01. The van der Waals surface area contributed by atoms with Crippen LogP contribution >= 0.6 is 0 Å². The maximum atomic E-state index is 11.8. The van der Waals surface area contributed by atoms with E-state index in [-0.39, 0.29) is 23.1 Å². The molecule has 0 radical (unpaired) electrons. The van der Waals surface area contributed by atoms with Crippen molar-refractivity contribution in [1.82, 2.24) is 4.90 Å². The van der Waals surface area contributed by atoms with E-state index in [1.54, 1.807) is 9.80 Å². The van der Waals surface area contributed by atoms with Gasteiger partial charge in [0, 0.05) is 45.6 Å². The molecule has 24 heavy (non-hydrogen) atoms. The van der Waals surface area contributed by atoms with Crippen LogP contribution in [0.25, 0.3) is 0 Å². The quantitative estimate of drug-likeness (QED) is 0.550. The van der Waals surface area contributed by atoms with Crippen LogP contribution in [0.5, 0.6) is 0 Å². The SMILES string of the molecule is COCC(=O)N1CCN(c2ccc(S(C)(=O)=O)cc2[N+](=O)[O-])CC1. The van der Waals surface area contributed by atoms with Crippen molar-refractivity contribution in [2.24, 2.45) is 0 Å². The Kier molecular flexibility index (Phi) is 5.40. The summed E-state index contributed by atoms with van der Waals surface area (Å²) in [4.78, 5) is 25.8. The standard InChI is InChI=1S/C14H19N3O6S/c1-23-10-14(18)16-7-5-15(6-8-16)12-4-3-11(24(2,21)22)9-13(12)17(19)20/h3-4,9H,5-8,10H2,1-2H3. The molecule has 10 heteroatoms. The van der Waals surface area contributed by atoms with Gasteiger partial charge in [-0.15, -0.1) is 0 Å². The van der Waals surface area contributed by atoms with Crippen LogP contribution in [-0.4, -0.2) is 70.3 Å². The molecule has 9 nitrogen and oxygen atoms in total. The minimum atomic E-state index is -3.52. The molecule has 1 aromatic carbocycles. The number of hydrogen-bond donors (Lipinski definition) is 0. The Hall–Kier alpha value is -2.20. The summed E-state index contributed by atoms with van der Waals surface area (Å²) in [6, 6.07) is 3.88. The molecule has 1 saturated heterocycles. The van der Waals surface area contributed by atoms with E-state index in [2.05, 4.69) is 0 Å². The van der Waals surface area contributed by atoms with Gasteiger partial charge in [0.15, 0.2) is 9.84 Å². The molecule has 1 heterocycles. The van der Waals surface area contributed by atoms with Gasteiger partial charge in [0.25, 0.3) is 5.69 Å². The van der Waals surface area contributed by atoms with Crippen molar-refractivity contribution in [3.05, 3.63) is 28.3 Å². The number of piperazine rings is 1. The maximum Gasteiger partial charge on any atom is 0.293 e. The van der Waals surface area contributed by atoms with Gasteiger partial charge in [0.1, 0.15) is 12.3 Å². The molecule has 0 N–H and O–H groups in total. The minimum absolute atomic E-state index is 0.00318. The number of hydrogen-bond acceptors (Lipinski definition) is 7. The summed E-state index contributed by atoms with van der Waals surface area (Å²) >= 11 is 0. The van der Waals surface area contributed by atoms with Crippen LogP contribution < -0.4 is 4.90 Å². The van der Waals surface area contributed by atoms with Gasteiger partial charge in [0.05, 0.1) is 9.82 Å². The van der Waals surface area contributed by atoms with Crippen LogP contribution in [0.3, 0.4) is 0 Å². The van der Waals surface area contributed by atoms with Gasteiger partial charge in [-0.3, -0.25) is 14.9 Å². The summed E-state index contributed by atoms with van der Waals surface area (Å²) < 4.78 is 28.0. The number of nitrogens with zero attached hydrogens (tertiary/aromatic N) is 3. The highest BCUT2D eigenvalue weighted by atomic mass is 32.2. The number of ether oxygens (including phenoxy) is 1. The molecule has 0 bridgehead atoms. The summed E-state index contributed by atoms with van der Waals surface area (Å²) in [6.45, 7) is 1.70. The number of nitro benzene ring substituents is 1. The van der Waals surface area contributed by atoms with Gasteiger partial charge in [0.2, 0.25) is 5.91 Å². The first-order valence-electron chi connectivity index (χ1n) is 7.24. The predicted molar refractivity (Wildman–Crippen MR) is 86.9 cm³/mol. The zero-order valence-electron chi connectivity index (χ0n) is 13.5. The van der Waals surface area contributed by atoms with Crippen LogP contribution in [0.2, 0.25) is 0 Å². The highest BCUT2D eigenvalue weighted by molar-refractivity contribution is 7.90. The average molecular weight is 357 g/mol. The van der Waals surface area contributed by atoms with Crippen LogP contribution in [0, 0.1) is 10.1 Å². The number of rotatable bonds is 5. The Bertz CT molecular complexity index is 741. The number of carbonyl (C=O) groups is 1. The summed E-state index contributed by atoms with van der Waals surface area (Å²) in [5, 5.41) is 11.3. The molecule has 1 amide bonds. The van der Waals surface area contributed by atoms with Crippen LogP contribution in [0.15, 0.2) is 23.1 Å². The van der Waals surface area contributed by atoms with Crippen molar-refractivity contribution in [1.29, 1.82) is 0 Å². The van der Waals surface area contributed by atoms with Gasteiger partial charge in [-0.2, -0.15) is 0 Å². The molecule has 0 spiro atoms. The lowest BCUT2D eigenvalue weighted by Gasteiger charge is -2.35. The third-order valence-electron chi connectivity index (χ3n) is 3.81. The number of nitro groups is 1. The number of amides is 1.